The Bertz CT molecular complexity index is 940. The molecule has 1 unspecified atom stereocenters. The molecule has 3 rings (SSSR count). The third-order valence-corrected chi connectivity index (χ3v) is 4.51. The summed E-state index contributed by atoms with van der Waals surface area (Å²) in [5.41, 5.74) is 2.07. The van der Waals surface area contributed by atoms with Gasteiger partial charge >= 0.3 is 5.97 Å². The first-order valence-corrected chi connectivity index (χ1v) is 9.09. The fourth-order valence-electron chi connectivity index (χ4n) is 2.63. The van der Waals surface area contributed by atoms with E-state index in [-0.39, 0.29) is 12.3 Å². The molecule has 1 N–H and O–H groups in total. The fraction of sp³-hybridized carbons (Fsp3) is 0.150. The number of rotatable bonds is 6. The van der Waals surface area contributed by atoms with E-state index < -0.39 is 12.0 Å². The third-order valence-electron chi connectivity index (χ3n) is 4.02. The zero-order chi connectivity index (χ0) is 19.2. The summed E-state index contributed by atoms with van der Waals surface area (Å²) in [7, 11) is 1.33. The van der Waals surface area contributed by atoms with Crippen molar-refractivity contribution in [2.45, 2.75) is 12.5 Å². The van der Waals surface area contributed by atoms with Gasteiger partial charge in [-0.3, -0.25) is 9.59 Å². The average molecular weight is 428 g/mol. The van der Waals surface area contributed by atoms with E-state index in [0.717, 1.165) is 15.7 Å². The number of halogens is 1. The number of benzene rings is 2. The van der Waals surface area contributed by atoms with E-state index in [1.165, 1.54) is 13.3 Å². The molecule has 27 heavy (non-hydrogen) atoms. The van der Waals surface area contributed by atoms with E-state index in [4.69, 9.17) is 4.74 Å². The van der Waals surface area contributed by atoms with E-state index >= 15 is 0 Å². The van der Waals surface area contributed by atoms with Gasteiger partial charge in [-0.1, -0.05) is 46.3 Å². The lowest BCUT2D eigenvalue weighted by molar-refractivity contribution is -0.141. The lowest BCUT2D eigenvalue weighted by Gasteiger charge is -2.18. The minimum Gasteiger partial charge on any atom is -0.469 e. The second-order valence-electron chi connectivity index (χ2n) is 5.87. The van der Waals surface area contributed by atoms with Crippen LogP contribution in [-0.4, -0.2) is 28.8 Å². The number of aromatic nitrogens is 2. The van der Waals surface area contributed by atoms with Crippen molar-refractivity contribution in [3.05, 3.63) is 82.6 Å². The summed E-state index contributed by atoms with van der Waals surface area (Å²) < 4.78 is 7.25. The van der Waals surface area contributed by atoms with E-state index in [9.17, 15) is 9.59 Å². The molecular formula is C20H18BrN3O3. The number of carbonyl (C=O) groups excluding carboxylic acids is 2. The van der Waals surface area contributed by atoms with Crippen molar-refractivity contribution in [3.63, 3.8) is 0 Å². The van der Waals surface area contributed by atoms with Crippen LogP contribution in [0.25, 0.3) is 5.69 Å². The van der Waals surface area contributed by atoms with Crippen LogP contribution in [-0.2, 0) is 9.53 Å². The number of hydrogen-bond donors (Lipinski definition) is 1. The summed E-state index contributed by atoms with van der Waals surface area (Å²) in [6.45, 7) is 0. The summed E-state index contributed by atoms with van der Waals surface area (Å²) in [6, 6.07) is 16.4. The van der Waals surface area contributed by atoms with Gasteiger partial charge in [-0.15, -0.1) is 0 Å². The van der Waals surface area contributed by atoms with Gasteiger partial charge in [-0.05, 0) is 29.8 Å². The zero-order valence-corrected chi connectivity index (χ0v) is 16.2. The van der Waals surface area contributed by atoms with Crippen molar-refractivity contribution < 1.29 is 14.3 Å². The Morgan fingerprint density at radius 1 is 1.19 bits per heavy atom. The number of para-hydroxylation sites is 1. The quantitative estimate of drug-likeness (QED) is 0.609. The maximum absolute atomic E-state index is 12.7. The Labute approximate surface area is 165 Å². The molecule has 0 aliphatic rings. The van der Waals surface area contributed by atoms with Crippen LogP contribution in [0, 0.1) is 0 Å². The van der Waals surface area contributed by atoms with Gasteiger partial charge in [0.25, 0.3) is 5.91 Å². The summed E-state index contributed by atoms with van der Waals surface area (Å²) in [6.07, 6.45) is 3.19. The predicted octanol–water partition coefficient (Wildman–Crippen LogP) is 3.67. The molecule has 0 aliphatic carbocycles. The SMILES string of the molecule is COC(=O)CC(NC(=O)c1cnn(-c2ccccc2)c1)c1cccc(Br)c1. The summed E-state index contributed by atoms with van der Waals surface area (Å²) >= 11 is 3.41. The molecule has 1 heterocycles. The van der Waals surface area contributed by atoms with Crippen LogP contribution in [0.15, 0.2) is 71.5 Å². The van der Waals surface area contributed by atoms with Crippen LogP contribution in [0.2, 0.25) is 0 Å². The third kappa shape index (κ3) is 4.83. The Kier molecular flexibility index (Phi) is 6.03. The van der Waals surface area contributed by atoms with Gasteiger partial charge < -0.3 is 10.1 Å². The van der Waals surface area contributed by atoms with Gasteiger partial charge in [0.2, 0.25) is 0 Å². The summed E-state index contributed by atoms with van der Waals surface area (Å²) in [5.74, 6) is -0.716. The number of nitrogens with one attached hydrogen (secondary N) is 1. The highest BCUT2D eigenvalue weighted by molar-refractivity contribution is 9.10. The highest BCUT2D eigenvalue weighted by Crippen LogP contribution is 2.22. The Hall–Kier alpha value is -2.93. The van der Waals surface area contributed by atoms with Crippen molar-refractivity contribution in [2.24, 2.45) is 0 Å². The van der Waals surface area contributed by atoms with E-state index in [0.29, 0.717) is 5.56 Å². The number of esters is 1. The monoisotopic (exact) mass is 427 g/mol. The number of ether oxygens (including phenoxy) is 1. The number of carbonyl (C=O) groups is 2. The molecule has 3 aromatic rings. The van der Waals surface area contributed by atoms with Crippen LogP contribution in [0.3, 0.4) is 0 Å². The Balaban J connectivity index is 1.80. The summed E-state index contributed by atoms with van der Waals surface area (Å²) in [5, 5.41) is 7.13. The van der Waals surface area contributed by atoms with E-state index in [1.807, 2.05) is 54.6 Å². The molecule has 6 nitrogen and oxygen atoms in total. The molecular weight excluding hydrogens is 410 g/mol. The maximum Gasteiger partial charge on any atom is 0.307 e. The second-order valence-corrected chi connectivity index (χ2v) is 6.79. The first kappa shape index (κ1) is 18.8. The largest absolute Gasteiger partial charge is 0.469 e. The van der Waals surface area contributed by atoms with Gasteiger partial charge in [-0.2, -0.15) is 5.10 Å². The van der Waals surface area contributed by atoms with Gasteiger partial charge in [-0.25, -0.2) is 4.68 Å². The molecule has 1 amide bonds. The fourth-order valence-corrected chi connectivity index (χ4v) is 3.05. The number of nitrogens with zero attached hydrogens (tertiary/aromatic N) is 2. The normalized spacial score (nSPS) is 11.6. The van der Waals surface area contributed by atoms with Crippen molar-refractivity contribution in [2.75, 3.05) is 7.11 Å². The van der Waals surface area contributed by atoms with Gasteiger partial charge in [0.1, 0.15) is 0 Å². The molecule has 1 atom stereocenters. The van der Waals surface area contributed by atoms with Gasteiger partial charge in [0.15, 0.2) is 0 Å². The Morgan fingerprint density at radius 3 is 2.67 bits per heavy atom. The van der Waals surface area contributed by atoms with E-state index in [1.54, 1.807) is 10.9 Å². The summed E-state index contributed by atoms with van der Waals surface area (Å²) in [4.78, 5) is 24.5. The topological polar surface area (TPSA) is 73.2 Å². The molecule has 0 fully saturated rings. The minimum atomic E-state index is -0.512. The Morgan fingerprint density at radius 2 is 1.96 bits per heavy atom. The first-order valence-electron chi connectivity index (χ1n) is 8.30. The smallest absolute Gasteiger partial charge is 0.307 e. The standard InChI is InChI=1S/C20H18BrN3O3/c1-27-19(25)11-18(14-6-5-7-16(21)10-14)23-20(26)15-12-22-24(13-15)17-8-3-2-4-9-17/h2-10,12-13,18H,11H2,1H3,(H,23,26). The molecule has 0 bridgehead atoms. The number of methoxy groups -OCH3 is 1. The molecule has 138 valence electrons. The van der Waals surface area contributed by atoms with Crippen LogP contribution < -0.4 is 5.32 Å². The highest BCUT2D eigenvalue weighted by Gasteiger charge is 2.21. The van der Waals surface area contributed by atoms with Crippen LogP contribution in [0.4, 0.5) is 0 Å². The van der Waals surface area contributed by atoms with Gasteiger partial charge in [0.05, 0.1) is 37.0 Å². The van der Waals surface area contributed by atoms with Crippen LogP contribution in [0.5, 0.6) is 0 Å². The minimum absolute atomic E-state index is 0.0332. The van der Waals surface area contributed by atoms with E-state index in [2.05, 4.69) is 26.3 Å². The molecule has 0 saturated heterocycles. The van der Waals surface area contributed by atoms with Crippen molar-refractivity contribution in [1.82, 2.24) is 15.1 Å². The first-order chi connectivity index (χ1) is 13.1. The highest BCUT2D eigenvalue weighted by atomic mass is 79.9. The number of amides is 1. The van der Waals surface area contributed by atoms with Crippen molar-refractivity contribution in [1.29, 1.82) is 0 Å². The van der Waals surface area contributed by atoms with Crippen molar-refractivity contribution in [3.8, 4) is 5.69 Å². The molecule has 1 aromatic heterocycles. The second kappa shape index (κ2) is 8.64. The average Bonchev–Trinajstić information content (AvgIpc) is 3.18. The van der Waals surface area contributed by atoms with Gasteiger partial charge in [0, 0.05) is 10.7 Å². The zero-order valence-electron chi connectivity index (χ0n) is 14.6. The molecule has 0 radical (unpaired) electrons. The van der Waals surface area contributed by atoms with Crippen LogP contribution >= 0.6 is 15.9 Å². The molecule has 2 aromatic carbocycles. The maximum atomic E-state index is 12.7. The van der Waals surface area contributed by atoms with Crippen LogP contribution in [0.1, 0.15) is 28.4 Å². The molecule has 0 saturated carbocycles. The molecule has 7 heteroatoms. The van der Waals surface area contributed by atoms with Crippen molar-refractivity contribution >= 4 is 27.8 Å². The lowest BCUT2D eigenvalue weighted by atomic mass is 10.0. The molecule has 0 aliphatic heterocycles. The number of hydrogen-bond acceptors (Lipinski definition) is 4. The predicted molar refractivity (Wildman–Crippen MR) is 105 cm³/mol. The molecule has 0 spiro atoms. The lowest BCUT2D eigenvalue weighted by Crippen LogP contribution is -2.30.